The van der Waals surface area contributed by atoms with E-state index < -0.39 is 6.04 Å². The van der Waals surface area contributed by atoms with Crippen molar-refractivity contribution in [2.75, 3.05) is 24.5 Å². The standard InChI is InChI=1S/C17H18N2O4/c1-11(18-12-3-6-14(21-2)7-4-12)17(20)19-13-5-8-15-16(9-13)23-10-22-15/h3-9,11,18H,10H2,1-2H3,(H,19,20). The van der Waals surface area contributed by atoms with Gasteiger partial charge in [0.15, 0.2) is 11.5 Å². The Morgan fingerprint density at radius 3 is 2.52 bits per heavy atom. The quantitative estimate of drug-likeness (QED) is 0.888. The third-order valence-corrected chi connectivity index (χ3v) is 3.51. The van der Waals surface area contributed by atoms with Gasteiger partial charge in [-0.05, 0) is 43.3 Å². The van der Waals surface area contributed by atoms with Gasteiger partial charge in [-0.15, -0.1) is 0 Å². The third-order valence-electron chi connectivity index (χ3n) is 3.51. The Labute approximate surface area is 134 Å². The fraction of sp³-hybridized carbons (Fsp3) is 0.235. The Balaban J connectivity index is 1.60. The van der Waals surface area contributed by atoms with E-state index in [-0.39, 0.29) is 12.7 Å². The smallest absolute Gasteiger partial charge is 0.246 e. The molecule has 1 amide bonds. The summed E-state index contributed by atoms with van der Waals surface area (Å²) in [4.78, 5) is 12.3. The highest BCUT2D eigenvalue weighted by atomic mass is 16.7. The minimum Gasteiger partial charge on any atom is -0.497 e. The highest BCUT2D eigenvalue weighted by molar-refractivity contribution is 5.96. The Hall–Kier alpha value is -2.89. The van der Waals surface area contributed by atoms with Crippen LogP contribution in [0.5, 0.6) is 17.2 Å². The molecule has 1 heterocycles. The average Bonchev–Trinajstić information content (AvgIpc) is 3.03. The molecule has 6 nitrogen and oxygen atoms in total. The summed E-state index contributed by atoms with van der Waals surface area (Å²) >= 11 is 0. The number of benzene rings is 2. The first-order valence-electron chi connectivity index (χ1n) is 7.27. The largest absolute Gasteiger partial charge is 0.497 e. The lowest BCUT2D eigenvalue weighted by molar-refractivity contribution is -0.116. The van der Waals surface area contributed by atoms with Crippen LogP contribution in [0.1, 0.15) is 6.92 Å². The molecule has 0 bridgehead atoms. The maximum absolute atomic E-state index is 12.3. The van der Waals surface area contributed by atoms with Gasteiger partial charge < -0.3 is 24.8 Å². The summed E-state index contributed by atoms with van der Waals surface area (Å²) in [7, 11) is 1.61. The number of rotatable bonds is 5. The number of carbonyl (C=O) groups is 1. The fourth-order valence-corrected chi connectivity index (χ4v) is 2.23. The van der Waals surface area contributed by atoms with Crippen molar-refractivity contribution in [3.8, 4) is 17.2 Å². The van der Waals surface area contributed by atoms with Gasteiger partial charge in [0.25, 0.3) is 0 Å². The van der Waals surface area contributed by atoms with Gasteiger partial charge >= 0.3 is 0 Å². The van der Waals surface area contributed by atoms with Crippen LogP contribution in [0.15, 0.2) is 42.5 Å². The van der Waals surface area contributed by atoms with E-state index in [0.29, 0.717) is 17.2 Å². The summed E-state index contributed by atoms with van der Waals surface area (Å²) in [5, 5.41) is 5.99. The first-order chi connectivity index (χ1) is 11.2. The molecule has 1 aliphatic rings. The highest BCUT2D eigenvalue weighted by Gasteiger charge is 2.16. The third kappa shape index (κ3) is 3.48. The van der Waals surface area contributed by atoms with Gasteiger partial charge in [-0.2, -0.15) is 0 Å². The number of anilines is 2. The molecule has 0 aliphatic carbocycles. The zero-order chi connectivity index (χ0) is 16.2. The molecule has 2 aromatic carbocycles. The van der Waals surface area contributed by atoms with E-state index in [1.54, 1.807) is 32.2 Å². The molecule has 0 fully saturated rings. The van der Waals surface area contributed by atoms with E-state index in [0.717, 1.165) is 11.4 Å². The summed E-state index contributed by atoms with van der Waals surface area (Å²) in [6, 6.07) is 12.3. The van der Waals surface area contributed by atoms with Gasteiger partial charge in [-0.25, -0.2) is 0 Å². The van der Waals surface area contributed by atoms with Crippen molar-refractivity contribution in [1.82, 2.24) is 0 Å². The minimum atomic E-state index is -0.395. The van der Waals surface area contributed by atoms with Gasteiger partial charge in [0.1, 0.15) is 11.8 Å². The molecular weight excluding hydrogens is 296 g/mol. The first kappa shape index (κ1) is 15.0. The molecule has 1 unspecified atom stereocenters. The van der Waals surface area contributed by atoms with Crippen LogP contribution in [-0.2, 0) is 4.79 Å². The van der Waals surface area contributed by atoms with E-state index in [4.69, 9.17) is 14.2 Å². The van der Waals surface area contributed by atoms with Crippen LogP contribution in [0, 0.1) is 0 Å². The summed E-state index contributed by atoms with van der Waals surface area (Å²) in [5.74, 6) is 1.96. The molecule has 6 heteroatoms. The number of ether oxygens (including phenoxy) is 3. The summed E-state index contributed by atoms with van der Waals surface area (Å²) in [6.45, 7) is 2.01. The fourth-order valence-electron chi connectivity index (χ4n) is 2.23. The Kier molecular flexibility index (Phi) is 4.23. The number of fused-ring (bicyclic) bond motifs is 1. The number of carbonyl (C=O) groups excluding carboxylic acids is 1. The normalized spacial score (nSPS) is 13.3. The van der Waals surface area contributed by atoms with Crippen LogP contribution >= 0.6 is 0 Å². The molecule has 0 saturated heterocycles. The predicted octanol–water partition coefficient (Wildman–Crippen LogP) is 2.86. The van der Waals surface area contributed by atoms with E-state index in [1.807, 2.05) is 24.3 Å². The van der Waals surface area contributed by atoms with Crippen molar-refractivity contribution in [3.05, 3.63) is 42.5 Å². The molecule has 2 aromatic rings. The van der Waals surface area contributed by atoms with Gasteiger partial charge in [-0.1, -0.05) is 0 Å². The lowest BCUT2D eigenvalue weighted by Crippen LogP contribution is -2.31. The molecule has 0 spiro atoms. The van der Waals surface area contributed by atoms with Crippen LogP contribution in [0.4, 0.5) is 11.4 Å². The Morgan fingerprint density at radius 2 is 1.78 bits per heavy atom. The van der Waals surface area contributed by atoms with Gasteiger partial charge in [-0.3, -0.25) is 4.79 Å². The molecule has 0 aromatic heterocycles. The highest BCUT2D eigenvalue weighted by Crippen LogP contribution is 2.34. The molecular formula is C17H18N2O4. The second kappa shape index (κ2) is 6.48. The number of amides is 1. The second-order valence-electron chi connectivity index (χ2n) is 5.15. The maximum atomic E-state index is 12.3. The van der Waals surface area contributed by atoms with Crippen LogP contribution in [0.3, 0.4) is 0 Å². The van der Waals surface area contributed by atoms with Crippen LogP contribution in [0.25, 0.3) is 0 Å². The monoisotopic (exact) mass is 314 g/mol. The topological polar surface area (TPSA) is 68.8 Å². The SMILES string of the molecule is COc1ccc(NC(C)C(=O)Nc2ccc3c(c2)OCO3)cc1. The van der Waals surface area contributed by atoms with Crippen molar-refractivity contribution in [1.29, 1.82) is 0 Å². The van der Waals surface area contributed by atoms with E-state index in [9.17, 15) is 4.79 Å². The molecule has 23 heavy (non-hydrogen) atoms. The summed E-state index contributed by atoms with van der Waals surface area (Å²) < 4.78 is 15.7. The van der Waals surface area contributed by atoms with E-state index in [1.165, 1.54) is 0 Å². The van der Waals surface area contributed by atoms with Crippen molar-refractivity contribution < 1.29 is 19.0 Å². The lowest BCUT2D eigenvalue weighted by Gasteiger charge is -2.15. The zero-order valence-electron chi connectivity index (χ0n) is 13.0. The van der Waals surface area contributed by atoms with E-state index >= 15 is 0 Å². The number of nitrogens with one attached hydrogen (secondary N) is 2. The molecule has 3 rings (SSSR count). The van der Waals surface area contributed by atoms with Gasteiger partial charge in [0.05, 0.1) is 7.11 Å². The molecule has 0 radical (unpaired) electrons. The summed E-state index contributed by atoms with van der Waals surface area (Å²) in [5.41, 5.74) is 1.52. The van der Waals surface area contributed by atoms with Crippen molar-refractivity contribution in [2.24, 2.45) is 0 Å². The number of methoxy groups -OCH3 is 1. The maximum Gasteiger partial charge on any atom is 0.246 e. The minimum absolute atomic E-state index is 0.139. The van der Waals surface area contributed by atoms with Crippen molar-refractivity contribution in [3.63, 3.8) is 0 Å². The second-order valence-corrected chi connectivity index (χ2v) is 5.15. The molecule has 0 saturated carbocycles. The van der Waals surface area contributed by atoms with Crippen LogP contribution in [0.2, 0.25) is 0 Å². The molecule has 120 valence electrons. The average molecular weight is 314 g/mol. The lowest BCUT2D eigenvalue weighted by atomic mass is 10.2. The summed E-state index contributed by atoms with van der Waals surface area (Å²) in [6.07, 6.45) is 0. The van der Waals surface area contributed by atoms with Gasteiger partial charge in [0, 0.05) is 17.4 Å². The Bertz CT molecular complexity index is 700. The predicted molar refractivity (Wildman–Crippen MR) is 87.3 cm³/mol. The zero-order valence-corrected chi connectivity index (χ0v) is 13.0. The molecule has 1 aliphatic heterocycles. The number of hydrogen-bond donors (Lipinski definition) is 2. The molecule has 2 N–H and O–H groups in total. The van der Waals surface area contributed by atoms with Crippen molar-refractivity contribution >= 4 is 17.3 Å². The van der Waals surface area contributed by atoms with Crippen molar-refractivity contribution in [2.45, 2.75) is 13.0 Å². The Morgan fingerprint density at radius 1 is 1.09 bits per heavy atom. The van der Waals surface area contributed by atoms with Gasteiger partial charge in [0.2, 0.25) is 12.7 Å². The van der Waals surface area contributed by atoms with E-state index in [2.05, 4.69) is 10.6 Å². The van der Waals surface area contributed by atoms with Crippen LogP contribution < -0.4 is 24.8 Å². The first-order valence-corrected chi connectivity index (χ1v) is 7.27. The number of hydrogen-bond acceptors (Lipinski definition) is 5. The van der Waals surface area contributed by atoms with Crippen LogP contribution in [-0.4, -0.2) is 25.9 Å². The molecule has 1 atom stereocenters.